The number of aryl methyl sites for hydroxylation is 1. The van der Waals surface area contributed by atoms with Crippen LogP contribution in [0.1, 0.15) is 24.7 Å². The molecule has 0 fully saturated rings. The van der Waals surface area contributed by atoms with E-state index in [0.717, 1.165) is 12.1 Å². The zero-order chi connectivity index (χ0) is 8.97. The van der Waals surface area contributed by atoms with E-state index in [1.807, 2.05) is 13.8 Å². The van der Waals surface area contributed by atoms with Crippen molar-refractivity contribution in [2.24, 2.45) is 0 Å². The number of pyridine rings is 1. The Kier molecular flexibility index (Phi) is 2.82. The van der Waals surface area contributed by atoms with E-state index >= 15 is 0 Å². The van der Waals surface area contributed by atoms with Gasteiger partial charge < -0.3 is 0 Å². The molecule has 1 nitrogen and oxygen atoms in total. The van der Waals surface area contributed by atoms with E-state index in [1.165, 1.54) is 6.07 Å². The van der Waals surface area contributed by atoms with Crippen molar-refractivity contribution in [3.63, 3.8) is 0 Å². The molecule has 0 aromatic carbocycles. The van der Waals surface area contributed by atoms with Crippen molar-refractivity contribution in [2.45, 2.75) is 20.3 Å². The van der Waals surface area contributed by atoms with E-state index in [4.69, 9.17) is 0 Å². The van der Waals surface area contributed by atoms with Crippen molar-refractivity contribution in [1.29, 1.82) is 0 Å². The molecule has 0 N–H and O–H groups in total. The van der Waals surface area contributed by atoms with Gasteiger partial charge in [0.25, 0.3) is 0 Å². The van der Waals surface area contributed by atoms with Gasteiger partial charge in [0.2, 0.25) is 0 Å². The number of hydrogen-bond acceptors (Lipinski definition) is 1. The van der Waals surface area contributed by atoms with Crippen LogP contribution in [0.25, 0.3) is 0 Å². The minimum Gasteiger partial charge on any atom is -0.242 e. The topological polar surface area (TPSA) is 12.9 Å². The molecule has 0 unspecified atom stereocenters. The molecule has 2 heteroatoms. The highest BCUT2D eigenvalue weighted by Crippen LogP contribution is 2.03. The second-order valence-electron chi connectivity index (χ2n) is 2.44. The molecular formula is C10H10FN. The average molecular weight is 163 g/mol. The van der Waals surface area contributed by atoms with Crippen LogP contribution in [0.3, 0.4) is 0 Å². The van der Waals surface area contributed by atoms with Crippen LogP contribution in [0.5, 0.6) is 0 Å². The van der Waals surface area contributed by atoms with E-state index in [1.54, 1.807) is 6.07 Å². The highest BCUT2D eigenvalue weighted by molar-refractivity contribution is 5.29. The molecule has 1 aromatic heterocycles. The minimum absolute atomic E-state index is 0.247. The summed E-state index contributed by atoms with van der Waals surface area (Å²) in [5.74, 6) is 5.10. The third-order valence-corrected chi connectivity index (χ3v) is 1.37. The van der Waals surface area contributed by atoms with Crippen LogP contribution in [-0.2, 0) is 0 Å². The molecule has 1 heterocycles. The van der Waals surface area contributed by atoms with Crippen LogP contribution < -0.4 is 0 Å². The Hall–Kier alpha value is -1.36. The van der Waals surface area contributed by atoms with Crippen LogP contribution in [0, 0.1) is 24.6 Å². The lowest BCUT2D eigenvalue weighted by Gasteiger charge is -1.94. The number of hydrogen-bond donors (Lipinski definition) is 0. The Labute approximate surface area is 71.6 Å². The zero-order valence-corrected chi connectivity index (χ0v) is 7.19. The van der Waals surface area contributed by atoms with Crippen molar-refractivity contribution < 1.29 is 4.39 Å². The second kappa shape index (κ2) is 3.87. The number of rotatable bonds is 0. The van der Waals surface area contributed by atoms with Crippen LogP contribution in [0.4, 0.5) is 4.39 Å². The smallest absolute Gasteiger partial charge is 0.157 e. The van der Waals surface area contributed by atoms with Crippen molar-refractivity contribution in [3.05, 3.63) is 29.3 Å². The molecule has 0 aliphatic heterocycles. The average Bonchev–Trinajstić information content (AvgIpc) is 2.07. The number of nitrogens with zero attached hydrogens (tertiary/aromatic N) is 1. The summed E-state index contributed by atoms with van der Waals surface area (Å²) >= 11 is 0. The van der Waals surface area contributed by atoms with Crippen LogP contribution in [-0.4, -0.2) is 4.98 Å². The zero-order valence-electron chi connectivity index (χ0n) is 7.19. The van der Waals surface area contributed by atoms with Crippen molar-refractivity contribution >= 4 is 0 Å². The summed E-state index contributed by atoms with van der Waals surface area (Å²) in [6.45, 7) is 3.73. The van der Waals surface area contributed by atoms with Gasteiger partial charge in [0.1, 0.15) is 5.69 Å². The Morgan fingerprint density at radius 3 is 2.92 bits per heavy atom. The van der Waals surface area contributed by atoms with Gasteiger partial charge in [-0.1, -0.05) is 12.8 Å². The van der Waals surface area contributed by atoms with E-state index < -0.39 is 0 Å². The predicted octanol–water partition coefficient (Wildman–Crippen LogP) is 2.29. The van der Waals surface area contributed by atoms with Gasteiger partial charge in [0, 0.05) is 12.1 Å². The van der Waals surface area contributed by atoms with Crippen molar-refractivity contribution in [1.82, 2.24) is 4.98 Å². The lowest BCUT2D eigenvalue weighted by Crippen LogP contribution is -1.90. The molecular weight excluding hydrogens is 153 g/mol. The molecule has 0 saturated carbocycles. The molecule has 0 spiro atoms. The SMILES string of the molecule is CCC#Cc1nc(C)ccc1F. The van der Waals surface area contributed by atoms with Gasteiger partial charge in [-0.15, -0.1) is 0 Å². The summed E-state index contributed by atoms with van der Waals surface area (Å²) in [6, 6.07) is 3.02. The van der Waals surface area contributed by atoms with E-state index in [9.17, 15) is 4.39 Å². The Morgan fingerprint density at radius 2 is 2.25 bits per heavy atom. The standard InChI is InChI=1S/C10H10FN/c1-3-4-5-10-9(11)7-6-8(2)12-10/h6-7H,3H2,1-2H3. The highest BCUT2D eigenvalue weighted by atomic mass is 19.1. The van der Waals surface area contributed by atoms with Gasteiger partial charge in [-0.25, -0.2) is 9.37 Å². The largest absolute Gasteiger partial charge is 0.242 e. The predicted molar refractivity (Wildman–Crippen MR) is 46.1 cm³/mol. The van der Waals surface area contributed by atoms with Gasteiger partial charge in [0.15, 0.2) is 5.82 Å². The summed E-state index contributed by atoms with van der Waals surface area (Å²) in [4.78, 5) is 3.96. The summed E-state index contributed by atoms with van der Waals surface area (Å²) in [5.41, 5.74) is 1.04. The van der Waals surface area contributed by atoms with Gasteiger partial charge in [-0.3, -0.25) is 0 Å². The summed E-state index contributed by atoms with van der Waals surface area (Å²) in [7, 11) is 0. The maximum atomic E-state index is 12.9. The fourth-order valence-electron chi connectivity index (χ4n) is 0.799. The van der Waals surface area contributed by atoms with E-state index in [0.29, 0.717) is 0 Å². The van der Waals surface area contributed by atoms with Gasteiger partial charge in [-0.05, 0) is 25.0 Å². The normalized spacial score (nSPS) is 8.92. The molecule has 1 aromatic rings. The summed E-state index contributed by atoms with van der Waals surface area (Å²) < 4.78 is 12.9. The molecule has 12 heavy (non-hydrogen) atoms. The highest BCUT2D eigenvalue weighted by Gasteiger charge is 1.98. The molecule has 0 aliphatic carbocycles. The van der Waals surface area contributed by atoms with Crippen molar-refractivity contribution in [3.8, 4) is 11.8 Å². The maximum absolute atomic E-state index is 12.9. The fraction of sp³-hybridized carbons (Fsp3) is 0.300. The van der Waals surface area contributed by atoms with Gasteiger partial charge in [0.05, 0.1) is 0 Å². The van der Waals surface area contributed by atoms with Crippen LogP contribution in [0.15, 0.2) is 12.1 Å². The minimum atomic E-state index is -0.346. The first-order valence-electron chi connectivity index (χ1n) is 3.86. The Morgan fingerprint density at radius 1 is 1.50 bits per heavy atom. The molecule has 0 saturated heterocycles. The third kappa shape index (κ3) is 2.06. The van der Waals surface area contributed by atoms with Crippen LogP contribution in [0.2, 0.25) is 0 Å². The first-order chi connectivity index (χ1) is 5.74. The summed E-state index contributed by atoms with van der Waals surface area (Å²) in [6.07, 6.45) is 0.717. The molecule has 0 bridgehead atoms. The molecule has 62 valence electrons. The van der Waals surface area contributed by atoms with Gasteiger partial charge >= 0.3 is 0 Å². The molecule has 0 atom stereocenters. The third-order valence-electron chi connectivity index (χ3n) is 1.37. The molecule has 0 aliphatic rings. The van der Waals surface area contributed by atoms with E-state index in [-0.39, 0.29) is 11.5 Å². The van der Waals surface area contributed by atoms with Crippen molar-refractivity contribution in [2.75, 3.05) is 0 Å². The lowest BCUT2D eigenvalue weighted by atomic mass is 10.3. The quantitative estimate of drug-likeness (QED) is 0.535. The van der Waals surface area contributed by atoms with Gasteiger partial charge in [-0.2, -0.15) is 0 Å². The molecule has 1 rings (SSSR count). The Bertz CT molecular complexity index is 333. The fourth-order valence-corrected chi connectivity index (χ4v) is 0.799. The second-order valence-corrected chi connectivity index (χ2v) is 2.44. The first-order valence-corrected chi connectivity index (χ1v) is 3.86. The van der Waals surface area contributed by atoms with Crippen LogP contribution >= 0.6 is 0 Å². The maximum Gasteiger partial charge on any atom is 0.157 e. The van der Waals surface area contributed by atoms with E-state index in [2.05, 4.69) is 16.8 Å². The number of halogens is 1. The number of aromatic nitrogens is 1. The lowest BCUT2D eigenvalue weighted by molar-refractivity contribution is 0.616. The first kappa shape index (κ1) is 8.73. The molecule has 0 radical (unpaired) electrons. The summed E-state index contributed by atoms with van der Waals surface area (Å²) in [5, 5.41) is 0. The Balaban J connectivity index is 3.05. The molecule has 0 amide bonds. The monoisotopic (exact) mass is 163 g/mol.